The molecule has 2 aromatic rings. The summed E-state index contributed by atoms with van der Waals surface area (Å²) in [4.78, 5) is 4.17. The Morgan fingerprint density at radius 2 is 2.11 bits per heavy atom. The fourth-order valence-electron chi connectivity index (χ4n) is 1.52. The van der Waals surface area contributed by atoms with Crippen LogP contribution in [0.1, 0.15) is 5.56 Å². The molecule has 0 amide bonds. The molecule has 0 bridgehead atoms. The lowest BCUT2D eigenvalue weighted by Crippen LogP contribution is -2.01. The molecule has 0 aliphatic heterocycles. The van der Waals surface area contributed by atoms with Gasteiger partial charge in [-0.1, -0.05) is 15.9 Å². The van der Waals surface area contributed by atoms with Gasteiger partial charge in [-0.05, 0) is 51.8 Å². The van der Waals surface area contributed by atoms with Crippen molar-refractivity contribution in [2.45, 2.75) is 6.54 Å². The maximum atomic E-state index is 5.22. The minimum Gasteiger partial charge on any atom is -0.497 e. The Hall–Kier alpha value is -1.07. The third kappa shape index (κ3) is 3.23. The standard InChI is InChI=1S/C13H12Br2N2O/c1-18-10-4-5-11(14)9(7-10)8-17-12-3-2-6-16-13(12)15/h2-7,17H,8H2,1H3. The van der Waals surface area contributed by atoms with Gasteiger partial charge in [-0.25, -0.2) is 4.98 Å². The molecule has 2 rings (SSSR count). The van der Waals surface area contributed by atoms with E-state index in [1.54, 1.807) is 13.3 Å². The van der Waals surface area contributed by atoms with Crippen molar-refractivity contribution in [3.05, 3.63) is 51.2 Å². The Morgan fingerprint density at radius 1 is 1.28 bits per heavy atom. The maximum absolute atomic E-state index is 5.22. The smallest absolute Gasteiger partial charge is 0.129 e. The number of anilines is 1. The Balaban J connectivity index is 2.13. The molecular formula is C13H12Br2N2O. The fourth-order valence-corrected chi connectivity index (χ4v) is 2.30. The summed E-state index contributed by atoms with van der Waals surface area (Å²) in [5.41, 5.74) is 2.09. The Bertz CT molecular complexity index is 546. The molecule has 0 aliphatic rings. The summed E-state index contributed by atoms with van der Waals surface area (Å²) in [6, 6.07) is 9.78. The average Bonchev–Trinajstić information content (AvgIpc) is 2.39. The van der Waals surface area contributed by atoms with Gasteiger partial charge in [0.2, 0.25) is 0 Å². The number of hydrogen-bond acceptors (Lipinski definition) is 3. The van der Waals surface area contributed by atoms with Crippen molar-refractivity contribution in [1.29, 1.82) is 0 Å². The van der Waals surface area contributed by atoms with Crippen molar-refractivity contribution in [2.75, 3.05) is 12.4 Å². The van der Waals surface area contributed by atoms with Gasteiger partial charge in [0.1, 0.15) is 10.4 Å². The van der Waals surface area contributed by atoms with Crippen LogP contribution < -0.4 is 10.1 Å². The van der Waals surface area contributed by atoms with Crippen molar-refractivity contribution in [3.8, 4) is 5.75 Å². The second kappa shape index (κ2) is 6.20. The molecular weight excluding hydrogens is 360 g/mol. The number of rotatable bonds is 4. The van der Waals surface area contributed by atoms with Crippen LogP contribution in [0.25, 0.3) is 0 Å². The summed E-state index contributed by atoms with van der Waals surface area (Å²) in [7, 11) is 1.66. The molecule has 1 heterocycles. The SMILES string of the molecule is COc1ccc(Br)c(CNc2cccnc2Br)c1. The minimum atomic E-state index is 0.697. The van der Waals surface area contributed by atoms with E-state index in [0.717, 1.165) is 26.1 Å². The van der Waals surface area contributed by atoms with Crippen LogP contribution in [-0.2, 0) is 6.54 Å². The van der Waals surface area contributed by atoms with Crippen molar-refractivity contribution >= 4 is 37.5 Å². The molecule has 0 radical (unpaired) electrons. The van der Waals surface area contributed by atoms with Crippen LogP contribution in [0.4, 0.5) is 5.69 Å². The zero-order valence-corrected chi connectivity index (χ0v) is 13.0. The first-order chi connectivity index (χ1) is 8.70. The van der Waals surface area contributed by atoms with Crippen molar-refractivity contribution in [3.63, 3.8) is 0 Å². The van der Waals surface area contributed by atoms with Gasteiger partial charge in [0.25, 0.3) is 0 Å². The van der Waals surface area contributed by atoms with E-state index < -0.39 is 0 Å². The first kappa shape index (κ1) is 13.4. The summed E-state index contributed by atoms with van der Waals surface area (Å²) in [5, 5.41) is 3.33. The lowest BCUT2D eigenvalue weighted by Gasteiger charge is -2.10. The number of nitrogens with one attached hydrogen (secondary N) is 1. The third-order valence-electron chi connectivity index (χ3n) is 2.48. The monoisotopic (exact) mass is 370 g/mol. The molecule has 0 unspecified atom stereocenters. The summed E-state index contributed by atoms with van der Waals surface area (Å²) < 4.78 is 7.08. The minimum absolute atomic E-state index is 0.697. The van der Waals surface area contributed by atoms with Crippen LogP contribution in [0, 0.1) is 0 Å². The lowest BCUT2D eigenvalue weighted by atomic mass is 10.2. The molecule has 1 N–H and O–H groups in total. The van der Waals surface area contributed by atoms with Crippen molar-refractivity contribution in [1.82, 2.24) is 4.98 Å². The second-order valence-electron chi connectivity index (χ2n) is 3.65. The second-order valence-corrected chi connectivity index (χ2v) is 5.26. The van der Waals surface area contributed by atoms with E-state index in [9.17, 15) is 0 Å². The van der Waals surface area contributed by atoms with Crippen molar-refractivity contribution < 1.29 is 4.74 Å². The molecule has 1 aromatic carbocycles. The summed E-state index contributed by atoms with van der Waals surface area (Å²) in [5.74, 6) is 0.847. The average molecular weight is 372 g/mol. The van der Waals surface area contributed by atoms with Gasteiger partial charge in [-0.2, -0.15) is 0 Å². The quantitative estimate of drug-likeness (QED) is 0.816. The first-order valence-electron chi connectivity index (χ1n) is 5.37. The van der Waals surface area contributed by atoms with Crippen LogP contribution in [-0.4, -0.2) is 12.1 Å². The summed E-state index contributed by atoms with van der Waals surface area (Å²) in [6.45, 7) is 0.697. The highest BCUT2D eigenvalue weighted by atomic mass is 79.9. The van der Waals surface area contributed by atoms with Crippen LogP contribution in [0.5, 0.6) is 5.75 Å². The highest BCUT2D eigenvalue weighted by Gasteiger charge is 2.04. The number of ether oxygens (including phenoxy) is 1. The number of methoxy groups -OCH3 is 1. The first-order valence-corrected chi connectivity index (χ1v) is 6.96. The van der Waals surface area contributed by atoms with E-state index in [4.69, 9.17) is 4.74 Å². The molecule has 0 saturated carbocycles. The summed E-state index contributed by atoms with van der Waals surface area (Å²) in [6.07, 6.45) is 1.75. The Kier molecular flexibility index (Phi) is 4.60. The highest BCUT2D eigenvalue weighted by molar-refractivity contribution is 9.10. The normalized spacial score (nSPS) is 10.2. The molecule has 1 aromatic heterocycles. The van der Waals surface area contributed by atoms with E-state index >= 15 is 0 Å². The van der Waals surface area contributed by atoms with Gasteiger partial charge in [0.05, 0.1) is 12.8 Å². The lowest BCUT2D eigenvalue weighted by molar-refractivity contribution is 0.414. The zero-order valence-electron chi connectivity index (χ0n) is 9.78. The molecule has 18 heavy (non-hydrogen) atoms. The molecule has 5 heteroatoms. The van der Waals surface area contributed by atoms with Gasteiger partial charge in [0.15, 0.2) is 0 Å². The number of hydrogen-bond donors (Lipinski definition) is 1. The van der Waals surface area contributed by atoms with Crippen molar-refractivity contribution in [2.24, 2.45) is 0 Å². The molecule has 0 aliphatic carbocycles. The maximum Gasteiger partial charge on any atom is 0.129 e. The molecule has 0 spiro atoms. The molecule has 0 saturated heterocycles. The van der Waals surface area contributed by atoms with E-state index in [0.29, 0.717) is 6.54 Å². The zero-order chi connectivity index (χ0) is 13.0. The van der Waals surface area contributed by atoms with Crippen LogP contribution >= 0.6 is 31.9 Å². The predicted molar refractivity (Wildman–Crippen MR) is 80.0 cm³/mol. The molecule has 0 atom stereocenters. The predicted octanol–water partition coefficient (Wildman–Crippen LogP) is 4.23. The van der Waals surface area contributed by atoms with Crippen LogP contribution in [0.15, 0.2) is 45.6 Å². The fraction of sp³-hybridized carbons (Fsp3) is 0.154. The number of halogens is 2. The van der Waals surface area contributed by atoms with E-state index in [-0.39, 0.29) is 0 Å². The Morgan fingerprint density at radius 3 is 2.83 bits per heavy atom. The van der Waals surface area contributed by atoms with Gasteiger partial charge >= 0.3 is 0 Å². The van der Waals surface area contributed by atoms with Gasteiger partial charge in [-0.3, -0.25) is 0 Å². The third-order valence-corrected chi connectivity index (χ3v) is 3.89. The summed E-state index contributed by atoms with van der Waals surface area (Å²) >= 11 is 6.94. The van der Waals surface area contributed by atoms with Gasteiger partial charge < -0.3 is 10.1 Å². The highest BCUT2D eigenvalue weighted by Crippen LogP contribution is 2.25. The molecule has 94 valence electrons. The topological polar surface area (TPSA) is 34.1 Å². The molecule has 3 nitrogen and oxygen atoms in total. The largest absolute Gasteiger partial charge is 0.497 e. The number of benzene rings is 1. The van der Waals surface area contributed by atoms with Gasteiger partial charge in [0, 0.05) is 17.2 Å². The Labute approximate surface area is 123 Å². The van der Waals surface area contributed by atoms with E-state index in [1.165, 1.54) is 0 Å². The number of nitrogens with zero attached hydrogens (tertiary/aromatic N) is 1. The van der Waals surface area contributed by atoms with Crippen LogP contribution in [0.2, 0.25) is 0 Å². The van der Waals surface area contributed by atoms with E-state index in [2.05, 4.69) is 42.2 Å². The number of aromatic nitrogens is 1. The molecule has 0 fully saturated rings. The van der Waals surface area contributed by atoms with Crippen LogP contribution in [0.3, 0.4) is 0 Å². The van der Waals surface area contributed by atoms with Gasteiger partial charge in [-0.15, -0.1) is 0 Å². The van der Waals surface area contributed by atoms with E-state index in [1.807, 2.05) is 30.3 Å². The number of pyridine rings is 1.